The smallest absolute Gasteiger partial charge is 0.255 e. The summed E-state index contributed by atoms with van der Waals surface area (Å²) < 4.78 is 6.62. The van der Waals surface area contributed by atoms with Gasteiger partial charge in [0.1, 0.15) is 5.75 Å². The van der Waals surface area contributed by atoms with Crippen LogP contribution in [0.4, 0.5) is 5.69 Å². The molecule has 0 bridgehead atoms. The van der Waals surface area contributed by atoms with Gasteiger partial charge in [-0.25, -0.2) is 0 Å². The number of hydrogen-bond donors (Lipinski definition) is 1. The van der Waals surface area contributed by atoms with Crippen molar-refractivity contribution in [1.82, 2.24) is 0 Å². The van der Waals surface area contributed by atoms with E-state index >= 15 is 0 Å². The van der Waals surface area contributed by atoms with Crippen molar-refractivity contribution in [2.75, 3.05) is 11.9 Å². The van der Waals surface area contributed by atoms with E-state index in [1.54, 1.807) is 12.1 Å². The van der Waals surface area contributed by atoms with E-state index in [-0.39, 0.29) is 5.91 Å². The lowest BCUT2D eigenvalue weighted by molar-refractivity contribution is 0.102. The summed E-state index contributed by atoms with van der Waals surface area (Å²) in [5.74, 6) is 0.653. The number of ether oxygens (including phenoxy) is 1. The first-order valence-electron chi connectivity index (χ1n) is 7.99. The lowest BCUT2D eigenvalue weighted by Gasteiger charge is -2.09. The summed E-state index contributed by atoms with van der Waals surface area (Å²) in [6.07, 6.45) is 4.71. The maximum Gasteiger partial charge on any atom is 0.255 e. The molecule has 1 N–H and O–H groups in total. The van der Waals surface area contributed by atoms with E-state index in [0.717, 1.165) is 22.3 Å². The minimum atomic E-state index is -0.133. The van der Waals surface area contributed by atoms with Crippen LogP contribution in [0.1, 0.15) is 43.0 Å². The van der Waals surface area contributed by atoms with Gasteiger partial charge in [-0.15, -0.1) is 0 Å². The Morgan fingerprint density at radius 3 is 2.70 bits per heavy atom. The van der Waals surface area contributed by atoms with Gasteiger partial charge in [-0.05, 0) is 36.8 Å². The highest BCUT2D eigenvalue weighted by molar-refractivity contribution is 9.10. The SMILES string of the molecule is CCCCCCOc1cccc(NC(=O)c2cccc(Br)c2)c1. The van der Waals surface area contributed by atoms with Gasteiger partial charge in [0.2, 0.25) is 0 Å². The highest BCUT2D eigenvalue weighted by atomic mass is 79.9. The van der Waals surface area contributed by atoms with Crippen molar-refractivity contribution < 1.29 is 9.53 Å². The molecular weight excluding hydrogens is 354 g/mol. The Kier molecular flexibility index (Phi) is 7.14. The molecular formula is C19H22BrNO2. The number of nitrogens with one attached hydrogen (secondary N) is 1. The summed E-state index contributed by atoms with van der Waals surface area (Å²) in [6, 6.07) is 14.8. The van der Waals surface area contributed by atoms with Crippen LogP contribution in [0.3, 0.4) is 0 Å². The molecule has 0 fully saturated rings. The molecule has 4 heteroatoms. The minimum absolute atomic E-state index is 0.133. The molecule has 0 radical (unpaired) electrons. The molecule has 0 saturated heterocycles. The molecule has 0 saturated carbocycles. The van der Waals surface area contributed by atoms with Crippen molar-refractivity contribution in [3.63, 3.8) is 0 Å². The maximum atomic E-state index is 12.2. The third-order valence-corrected chi connectivity index (χ3v) is 3.94. The fraction of sp³-hybridized carbons (Fsp3) is 0.316. The van der Waals surface area contributed by atoms with Gasteiger partial charge in [0, 0.05) is 21.8 Å². The molecule has 0 atom stereocenters. The van der Waals surface area contributed by atoms with E-state index in [1.165, 1.54) is 19.3 Å². The Morgan fingerprint density at radius 1 is 1.09 bits per heavy atom. The summed E-state index contributed by atoms with van der Waals surface area (Å²) in [6.45, 7) is 2.90. The molecule has 0 unspecified atom stereocenters. The molecule has 1 amide bonds. The van der Waals surface area contributed by atoms with Gasteiger partial charge in [-0.3, -0.25) is 4.79 Å². The highest BCUT2D eigenvalue weighted by Crippen LogP contribution is 2.19. The number of unbranched alkanes of at least 4 members (excludes halogenated alkanes) is 3. The number of anilines is 1. The lowest BCUT2D eigenvalue weighted by Crippen LogP contribution is -2.11. The van der Waals surface area contributed by atoms with Gasteiger partial charge < -0.3 is 10.1 Å². The zero-order chi connectivity index (χ0) is 16.5. The predicted octanol–water partition coefficient (Wildman–Crippen LogP) is 5.66. The third-order valence-electron chi connectivity index (χ3n) is 3.45. The van der Waals surface area contributed by atoms with Gasteiger partial charge in [0.25, 0.3) is 5.91 Å². The van der Waals surface area contributed by atoms with E-state index in [2.05, 4.69) is 28.2 Å². The fourth-order valence-electron chi connectivity index (χ4n) is 2.22. The molecule has 23 heavy (non-hydrogen) atoms. The molecule has 0 aliphatic heterocycles. The van der Waals surface area contributed by atoms with Gasteiger partial charge in [-0.1, -0.05) is 54.2 Å². The number of amides is 1. The molecule has 0 aliphatic carbocycles. The number of carbonyl (C=O) groups is 1. The van der Waals surface area contributed by atoms with Crippen LogP contribution in [-0.4, -0.2) is 12.5 Å². The molecule has 3 nitrogen and oxygen atoms in total. The first-order valence-corrected chi connectivity index (χ1v) is 8.78. The van der Waals surface area contributed by atoms with Crippen molar-refractivity contribution in [3.05, 3.63) is 58.6 Å². The molecule has 0 aliphatic rings. The average molecular weight is 376 g/mol. The number of rotatable bonds is 8. The molecule has 2 rings (SSSR count). The fourth-order valence-corrected chi connectivity index (χ4v) is 2.61. The van der Waals surface area contributed by atoms with E-state index in [9.17, 15) is 4.79 Å². The monoisotopic (exact) mass is 375 g/mol. The van der Waals surface area contributed by atoms with Gasteiger partial charge in [0.15, 0.2) is 0 Å². The van der Waals surface area contributed by atoms with Crippen LogP contribution in [0.2, 0.25) is 0 Å². The molecule has 0 heterocycles. The standard InChI is InChI=1S/C19H22BrNO2/c1-2-3-4-5-12-23-18-11-7-10-17(14-18)21-19(22)15-8-6-9-16(20)13-15/h6-11,13-14H,2-5,12H2,1H3,(H,21,22). The molecule has 122 valence electrons. The Balaban J connectivity index is 1.90. The topological polar surface area (TPSA) is 38.3 Å². The number of hydrogen-bond acceptors (Lipinski definition) is 2. The Hall–Kier alpha value is -1.81. The average Bonchev–Trinajstić information content (AvgIpc) is 2.55. The molecule has 0 spiro atoms. The predicted molar refractivity (Wildman–Crippen MR) is 98.2 cm³/mol. The van der Waals surface area contributed by atoms with Crippen LogP contribution in [-0.2, 0) is 0 Å². The second-order valence-electron chi connectivity index (χ2n) is 5.40. The van der Waals surface area contributed by atoms with E-state index in [4.69, 9.17) is 4.74 Å². The normalized spacial score (nSPS) is 10.3. The summed E-state index contributed by atoms with van der Waals surface area (Å²) >= 11 is 3.37. The lowest BCUT2D eigenvalue weighted by atomic mass is 10.2. The minimum Gasteiger partial charge on any atom is -0.494 e. The summed E-state index contributed by atoms with van der Waals surface area (Å²) in [5.41, 5.74) is 1.35. The second kappa shape index (κ2) is 9.36. The maximum absolute atomic E-state index is 12.2. The van der Waals surface area contributed by atoms with Crippen molar-refractivity contribution in [3.8, 4) is 5.75 Å². The van der Waals surface area contributed by atoms with E-state index < -0.39 is 0 Å². The van der Waals surface area contributed by atoms with Crippen LogP contribution in [0.5, 0.6) is 5.75 Å². The molecule has 0 aromatic heterocycles. The first kappa shape index (κ1) is 17.5. The van der Waals surface area contributed by atoms with Crippen LogP contribution in [0.15, 0.2) is 53.0 Å². The quantitative estimate of drug-likeness (QED) is 0.604. The Morgan fingerprint density at radius 2 is 1.91 bits per heavy atom. The second-order valence-corrected chi connectivity index (χ2v) is 6.32. The number of carbonyl (C=O) groups excluding carboxylic acids is 1. The number of benzene rings is 2. The van der Waals surface area contributed by atoms with Gasteiger partial charge in [0.05, 0.1) is 6.61 Å². The zero-order valence-electron chi connectivity index (χ0n) is 13.3. The van der Waals surface area contributed by atoms with Crippen molar-refractivity contribution in [1.29, 1.82) is 0 Å². The van der Waals surface area contributed by atoms with Gasteiger partial charge >= 0.3 is 0 Å². The van der Waals surface area contributed by atoms with E-state index in [1.807, 2.05) is 36.4 Å². The van der Waals surface area contributed by atoms with Crippen LogP contribution >= 0.6 is 15.9 Å². The summed E-state index contributed by atoms with van der Waals surface area (Å²) in [4.78, 5) is 12.2. The number of halogens is 1. The van der Waals surface area contributed by atoms with Crippen LogP contribution in [0, 0.1) is 0 Å². The molecule has 2 aromatic rings. The van der Waals surface area contributed by atoms with E-state index in [0.29, 0.717) is 12.2 Å². The largest absolute Gasteiger partial charge is 0.494 e. The van der Waals surface area contributed by atoms with Gasteiger partial charge in [-0.2, -0.15) is 0 Å². The first-order chi connectivity index (χ1) is 11.2. The Labute approximate surface area is 146 Å². The summed E-state index contributed by atoms with van der Waals surface area (Å²) in [7, 11) is 0. The van der Waals surface area contributed by atoms with Crippen LogP contribution < -0.4 is 10.1 Å². The summed E-state index contributed by atoms with van der Waals surface area (Å²) in [5, 5.41) is 2.90. The van der Waals surface area contributed by atoms with Crippen molar-refractivity contribution in [2.24, 2.45) is 0 Å². The zero-order valence-corrected chi connectivity index (χ0v) is 14.9. The van der Waals surface area contributed by atoms with Crippen molar-refractivity contribution in [2.45, 2.75) is 32.6 Å². The molecule has 2 aromatic carbocycles. The van der Waals surface area contributed by atoms with Crippen LogP contribution in [0.25, 0.3) is 0 Å². The highest BCUT2D eigenvalue weighted by Gasteiger charge is 2.07. The third kappa shape index (κ3) is 6.06. The van der Waals surface area contributed by atoms with Crippen molar-refractivity contribution >= 4 is 27.5 Å². The Bertz CT molecular complexity index is 643.